The van der Waals surface area contributed by atoms with Crippen LogP contribution in [0, 0.1) is 6.92 Å². The third-order valence-electron chi connectivity index (χ3n) is 3.60. The lowest BCUT2D eigenvalue weighted by Gasteiger charge is -2.11. The normalized spacial score (nSPS) is 11.9. The maximum absolute atomic E-state index is 12.0. The highest BCUT2D eigenvalue weighted by Crippen LogP contribution is 2.21. The number of fused-ring (bicyclic) bond motifs is 1. The molecule has 0 aliphatic carbocycles. The molecule has 0 radical (unpaired) electrons. The molecule has 3 rings (SSSR count). The Kier molecular flexibility index (Phi) is 5.81. The van der Waals surface area contributed by atoms with Crippen LogP contribution in [0.25, 0.3) is 10.9 Å². The summed E-state index contributed by atoms with van der Waals surface area (Å²) in [7, 11) is 0. The average Bonchev–Trinajstić information content (AvgIpc) is 2.99. The van der Waals surface area contributed by atoms with Crippen molar-refractivity contribution in [3.63, 3.8) is 0 Å². The minimum absolute atomic E-state index is 0.0146. The number of pyridine rings is 2. The van der Waals surface area contributed by atoms with Gasteiger partial charge in [0.15, 0.2) is 0 Å². The van der Waals surface area contributed by atoms with E-state index in [-0.39, 0.29) is 13.2 Å². The summed E-state index contributed by atoms with van der Waals surface area (Å²) in [4.78, 5) is 8.23. The van der Waals surface area contributed by atoms with Crippen LogP contribution in [0.15, 0.2) is 30.7 Å². The fraction of sp³-hybridized carbons (Fsp3) is 0.353. The first kappa shape index (κ1) is 19.4. The molecule has 0 unspecified atom stereocenters. The Hall–Kier alpha value is -2.39. The van der Waals surface area contributed by atoms with Gasteiger partial charge in [-0.05, 0) is 24.6 Å². The average molecular weight is 401 g/mol. The van der Waals surface area contributed by atoms with Crippen LogP contribution in [-0.2, 0) is 11.3 Å². The van der Waals surface area contributed by atoms with Gasteiger partial charge in [0.05, 0.1) is 24.1 Å². The Balaban J connectivity index is 1.58. The lowest BCUT2D eigenvalue weighted by atomic mass is 10.2. The number of ether oxygens (including phenoxy) is 2. The van der Waals surface area contributed by atoms with Crippen molar-refractivity contribution in [3.05, 3.63) is 47.0 Å². The summed E-state index contributed by atoms with van der Waals surface area (Å²) in [5, 5.41) is 5.60. The van der Waals surface area contributed by atoms with Crippen molar-refractivity contribution in [3.8, 4) is 5.88 Å². The van der Waals surface area contributed by atoms with Gasteiger partial charge >= 0.3 is 6.18 Å². The maximum Gasteiger partial charge on any atom is 0.411 e. The van der Waals surface area contributed by atoms with Gasteiger partial charge in [-0.3, -0.25) is 4.68 Å². The first-order valence-electron chi connectivity index (χ1n) is 8.02. The van der Waals surface area contributed by atoms with E-state index < -0.39 is 12.8 Å². The van der Waals surface area contributed by atoms with E-state index in [1.54, 1.807) is 23.1 Å². The molecular formula is C17H16ClF3N4O2. The number of hydrogen-bond acceptors (Lipinski definition) is 5. The summed E-state index contributed by atoms with van der Waals surface area (Å²) < 4.78 is 47.6. The second kappa shape index (κ2) is 8.10. The number of alkyl halides is 3. The van der Waals surface area contributed by atoms with Crippen molar-refractivity contribution in [1.29, 1.82) is 0 Å². The number of nitrogens with zero attached hydrogens (tertiary/aromatic N) is 4. The van der Waals surface area contributed by atoms with Crippen LogP contribution in [0.2, 0.25) is 5.15 Å². The van der Waals surface area contributed by atoms with Gasteiger partial charge in [-0.15, -0.1) is 0 Å². The van der Waals surface area contributed by atoms with E-state index in [1.807, 2.05) is 19.2 Å². The minimum atomic E-state index is -4.34. The predicted octanol–water partition coefficient (Wildman–Crippen LogP) is 3.79. The van der Waals surface area contributed by atoms with Gasteiger partial charge in [0.25, 0.3) is 0 Å². The molecule has 0 saturated carbocycles. The van der Waals surface area contributed by atoms with Gasteiger partial charge in [-0.1, -0.05) is 11.6 Å². The van der Waals surface area contributed by atoms with Crippen LogP contribution >= 0.6 is 11.6 Å². The molecule has 0 aliphatic heterocycles. The zero-order valence-electron chi connectivity index (χ0n) is 14.3. The largest absolute Gasteiger partial charge is 0.475 e. The van der Waals surface area contributed by atoms with Crippen molar-refractivity contribution in [2.45, 2.75) is 19.6 Å². The van der Waals surface area contributed by atoms with Crippen LogP contribution in [-0.4, -0.2) is 45.7 Å². The molecule has 0 bridgehead atoms. The second-order valence-corrected chi connectivity index (χ2v) is 6.20. The Morgan fingerprint density at radius 3 is 2.74 bits per heavy atom. The summed E-state index contributed by atoms with van der Waals surface area (Å²) in [5.41, 5.74) is 2.41. The van der Waals surface area contributed by atoms with Crippen molar-refractivity contribution in [2.75, 3.05) is 19.8 Å². The van der Waals surface area contributed by atoms with Crippen molar-refractivity contribution in [1.82, 2.24) is 19.7 Å². The van der Waals surface area contributed by atoms with Crippen molar-refractivity contribution in [2.24, 2.45) is 0 Å². The highest BCUT2D eigenvalue weighted by Gasteiger charge is 2.27. The summed E-state index contributed by atoms with van der Waals surface area (Å²) in [6.07, 6.45) is 0.694. The molecule has 10 heteroatoms. The quantitative estimate of drug-likeness (QED) is 0.446. The number of aryl methyl sites for hydroxylation is 1. The third kappa shape index (κ3) is 5.30. The summed E-state index contributed by atoms with van der Waals surface area (Å²) in [6, 6.07) is 3.66. The Morgan fingerprint density at radius 2 is 2.04 bits per heavy atom. The highest BCUT2D eigenvalue weighted by molar-refractivity contribution is 6.34. The molecule has 0 spiro atoms. The fourth-order valence-electron chi connectivity index (χ4n) is 2.47. The van der Waals surface area contributed by atoms with E-state index in [1.165, 1.54) is 0 Å². The number of halogens is 4. The monoisotopic (exact) mass is 400 g/mol. The first-order chi connectivity index (χ1) is 12.8. The standard InChI is InChI=1S/C17H16ClF3N4O2/c1-11-6-12(7-23-16(11)27-5-4-26-10-17(19,20)21)8-25-9-13-14(24-25)2-3-22-15(13)18/h2-3,6-7,9H,4-5,8,10H2,1H3. The van der Waals surface area contributed by atoms with Crippen LogP contribution in [0.1, 0.15) is 11.1 Å². The van der Waals surface area contributed by atoms with Gasteiger partial charge in [0.1, 0.15) is 18.4 Å². The summed E-state index contributed by atoms with van der Waals surface area (Å²) >= 11 is 6.05. The number of rotatable bonds is 7. The SMILES string of the molecule is Cc1cc(Cn2cc3c(Cl)nccc3n2)cnc1OCCOCC(F)(F)F. The smallest absolute Gasteiger partial charge is 0.411 e. The molecular weight excluding hydrogens is 385 g/mol. The zero-order chi connectivity index (χ0) is 19.4. The Morgan fingerprint density at radius 1 is 1.22 bits per heavy atom. The van der Waals surface area contributed by atoms with Crippen LogP contribution < -0.4 is 4.74 Å². The molecule has 0 fully saturated rings. The molecule has 0 aromatic carbocycles. The molecule has 0 atom stereocenters. The molecule has 0 amide bonds. The Bertz CT molecular complexity index is 930. The zero-order valence-corrected chi connectivity index (χ0v) is 15.1. The van der Waals surface area contributed by atoms with E-state index in [9.17, 15) is 13.2 Å². The molecule has 27 heavy (non-hydrogen) atoms. The number of hydrogen-bond donors (Lipinski definition) is 0. The van der Waals surface area contributed by atoms with E-state index >= 15 is 0 Å². The van der Waals surface area contributed by atoms with Gasteiger partial charge < -0.3 is 9.47 Å². The van der Waals surface area contributed by atoms with E-state index in [2.05, 4.69) is 19.8 Å². The Labute approximate surface area is 157 Å². The van der Waals surface area contributed by atoms with Gasteiger partial charge in [0, 0.05) is 24.2 Å². The van der Waals surface area contributed by atoms with Crippen molar-refractivity contribution < 1.29 is 22.6 Å². The molecule has 0 aliphatic rings. The molecule has 6 nitrogen and oxygen atoms in total. The summed E-state index contributed by atoms with van der Waals surface area (Å²) in [5.74, 6) is 0.354. The molecule has 3 aromatic rings. The summed E-state index contributed by atoms with van der Waals surface area (Å²) in [6.45, 7) is 0.812. The van der Waals surface area contributed by atoms with Crippen LogP contribution in [0.5, 0.6) is 5.88 Å². The predicted molar refractivity (Wildman–Crippen MR) is 93.0 cm³/mol. The minimum Gasteiger partial charge on any atom is -0.475 e. The maximum atomic E-state index is 12.0. The van der Waals surface area contributed by atoms with E-state index in [4.69, 9.17) is 16.3 Å². The highest BCUT2D eigenvalue weighted by atomic mass is 35.5. The number of aromatic nitrogens is 4. The lowest BCUT2D eigenvalue weighted by Crippen LogP contribution is -2.19. The second-order valence-electron chi connectivity index (χ2n) is 5.84. The van der Waals surface area contributed by atoms with Crippen molar-refractivity contribution >= 4 is 22.5 Å². The third-order valence-corrected chi connectivity index (χ3v) is 3.90. The molecule has 0 N–H and O–H groups in total. The van der Waals surface area contributed by atoms with Gasteiger partial charge in [0.2, 0.25) is 5.88 Å². The molecule has 144 valence electrons. The lowest BCUT2D eigenvalue weighted by molar-refractivity contribution is -0.175. The van der Waals surface area contributed by atoms with Gasteiger partial charge in [-0.2, -0.15) is 18.3 Å². The first-order valence-corrected chi connectivity index (χ1v) is 8.40. The van der Waals surface area contributed by atoms with E-state index in [0.717, 1.165) is 22.0 Å². The van der Waals surface area contributed by atoms with E-state index in [0.29, 0.717) is 17.6 Å². The van der Waals surface area contributed by atoms with Crippen LogP contribution in [0.4, 0.5) is 13.2 Å². The topological polar surface area (TPSA) is 62.1 Å². The van der Waals surface area contributed by atoms with Gasteiger partial charge in [-0.25, -0.2) is 9.97 Å². The molecule has 3 aromatic heterocycles. The van der Waals surface area contributed by atoms with Crippen LogP contribution in [0.3, 0.4) is 0 Å². The molecule has 0 saturated heterocycles. The fourth-order valence-corrected chi connectivity index (χ4v) is 2.67. The molecule has 3 heterocycles.